The average molecular weight is 296 g/mol. The molecule has 1 saturated carbocycles. The summed E-state index contributed by atoms with van der Waals surface area (Å²) in [6.07, 6.45) is 2.59. The molecule has 1 aliphatic carbocycles. The number of rotatable bonds is 6. The molecule has 1 unspecified atom stereocenters. The maximum absolute atomic E-state index is 12.1. The van der Waals surface area contributed by atoms with Crippen LogP contribution in [0.1, 0.15) is 43.5 Å². The molecule has 2 rings (SSSR count). The van der Waals surface area contributed by atoms with Crippen molar-refractivity contribution >= 4 is 15.9 Å². The summed E-state index contributed by atoms with van der Waals surface area (Å²) in [4.78, 5) is 12.1. The highest BCUT2D eigenvalue weighted by molar-refractivity contribution is 7.89. The summed E-state index contributed by atoms with van der Waals surface area (Å²) >= 11 is 0. The molecule has 1 atom stereocenters. The van der Waals surface area contributed by atoms with Gasteiger partial charge in [-0.3, -0.25) is 4.79 Å². The van der Waals surface area contributed by atoms with E-state index in [4.69, 9.17) is 0 Å². The number of sulfonamides is 1. The lowest BCUT2D eigenvalue weighted by molar-refractivity contribution is 0.0939. The van der Waals surface area contributed by atoms with Crippen LogP contribution in [0.2, 0.25) is 0 Å². The molecule has 1 aliphatic rings. The maximum atomic E-state index is 12.1. The van der Waals surface area contributed by atoms with Crippen molar-refractivity contribution in [3.05, 3.63) is 29.8 Å². The van der Waals surface area contributed by atoms with Gasteiger partial charge in [0.2, 0.25) is 10.0 Å². The Morgan fingerprint density at radius 1 is 1.40 bits per heavy atom. The standard InChI is InChI=1S/C14H20N2O3S/c1-3-10(2)15-14(17)11-5-4-6-13(9-11)20(18,19)16-12-7-8-12/h4-6,9-10,12,16H,3,7-8H2,1-2H3,(H,15,17). The number of carbonyl (C=O) groups is 1. The van der Waals surface area contributed by atoms with Gasteiger partial charge in [-0.15, -0.1) is 0 Å². The molecule has 0 radical (unpaired) electrons. The topological polar surface area (TPSA) is 75.3 Å². The van der Waals surface area contributed by atoms with Gasteiger partial charge in [0.1, 0.15) is 0 Å². The fourth-order valence-electron chi connectivity index (χ4n) is 1.70. The van der Waals surface area contributed by atoms with Crippen LogP contribution in [-0.2, 0) is 10.0 Å². The summed E-state index contributed by atoms with van der Waals surface area (Å²) in [5.74, 6) is -0.247. The molecule has 20 heavy (non-hydrogen) atoms. The molecule has 1 aromatic rings. The predicted molar refractivity (Wildman–Crippen MR) is 77.0 cm³/mol. The molecular weight excluding hydrogens is 276 g/mol. The van der Waals surface area contributed by atoms with E-state index in [1.807, 2.05) is 13.8 Å². The molecule has 0 saturated heterocycles. The van der Waals surface area contributed by atoms with E-state index in [1.165, 1.54) is 12.1 Å². The number of nitrogens with one attached hydrogen (secondary N) is 2. The Hall–Kier alpha value is -1.40. The number of hydrogen-bond donors (Lipinski definition) is 2. The number of carbonyl (C=O) groups excluding carboxylic acids is 1. The van der Waals surface area contributed by atoms with Gasteiger partial charge in [-0.1, -0.05) is 13.0 Å². The first kappa shape index (κ1) is 15.0. The summed E-state index contributed by atoms with van der Waals surface area (Å²) in [5.41, 5.74) is 0.365. The second-order valence-corrected chi connectivity index (χ2v) is 6.92. The van der Waals surface area contributed by atoms with Gasteiger partial charge < -0.3 is 5.32 Å². The van der Waals surface area contributed by atoms with Gasteiger partial charge in [0.05, 0.1) is 4.90 Å². The molecule has 1 fully saturated rings. The molecule has 0 spiro atoms. The Labute approximate surface area is 119 Å². The first-order valence-electron chi connectivity index (χ1n) is 6.85. The molecule has 2 N–H and O–H groups in total. The number of hydrogen-bond acceptors (Lipinski definition) is 3. The zero-order chi connectivity index (χ0) is 14.8. The van der Waals surface area contributed by atoms with E-state index in [-0.39, 0.29) is 22.9 Å². The molecule has 110 valence electrons. The molecule has 6 heteroatoms. The SMILES string of the molecule is CCC(C)NC(=O)c1cccc(S(=O)(=O)NC2CC2)c1. The van der Waals surface area contributed by atoms with Crippen LogP contribution in [0.5, 0.6) is 0 Å². The van der Waals surface area contributed by atoms with Crippen molar-refractivity contribution in [2.75, 3.05) is 0 Å². The fourth-order valence-corrected chi connectivity index (χ4v) is 3.05. The Balaban J connectivity index is 2.16. The highest BCUT2D eigenvalue weighted by Crippen LogP contribution is 2.22. The summed E-state index contributed by atoms with van der Waals surface area (Å²) < 4.78 is 26.8. The van der Waals surface area contributed by atoms with Crippen molar-refractivity contribution in [3.8, 4) is 0 Å². The third-order valence-corrected chi connectivity index (χ3v) is 4.81. The van der Waals surface area contributed by atoms with Crippen molar-refractivity contribution in [1.29, 1.82) is 0 Å². The molecule has 1 amide bonds. The number of amides is 1. The van der Waals surface area contributed by atoms with Crippen molar-refractivity contribution in [3.63, 3.8) is 0 Å². The van der Waals surface area contributed by atoms with E-state index in [9.17, 15) is 13.2 Å². The van der Waals surface area contributed by atoms with Gasteiger partial charge in [-0.25, -0.2) is 13.1 Å². The van der Waals surface area contributed by atoms with Gasteiger partial charge in [0.15, 0.2) is 0 Å². The van der Waals surface area contributed by atoms with E-state index in [0.717, 1.165) is 19.3 Å². The van der Waals surface area contributed by atoms with Gasteiger partial charge in [-0.2, -0.15) is 0 Å². The van der Waals surface area contributed by atoms with Gasteiger partial charge in [0.25, 0.3) is 5.91 Å². The van der Waals surface area contributed by atoms with Crippen molar-refractivity contribution in [2.24, 2.45) is 0 Å². The van der Waals surface area contributed by atoms with E-state index in [0.29, 0.717) is 5.56 Å². The average Bonchev–Trinajstić information content (AvgIpc) is 3.22. The minimum atomic E-state index is -3.52. The maximum Gasteiger partial charge on any atom is 0.251 e. The minimum Gasteiger partial charge on any atom is -0.350 e. The van der Waals surface area contributed by atoms with E-state index < -0.39 is 10.0 Å². The molecule has 0 aromatic heterocycles. The fraction of sp³-hybridized carbons (Fsp3) is 0.500. The third-order valence-electron chi connectivity index (χ3n) is 3.30. The van der Waals surface area contributed by atoms with E-state index >= 15 is 0 Å². The minimum absolute atomic E-state index is 0.0533. The van der Waals surface area contributed by atoms with Crippen LogP contribution < -0.4 is 10.0 Å². The highest BCUT2D eigenvalue weighted by atomic mass is 32.2. The van der Waals surface area contributed by atoms with Crippen LogP contribution in [0.4, 0.5) is 0 Å². The van der Waals surface area contributed by atoms with Crippen molar-refractivity contribution in [1.82, 2.24) is 10.0 Å². The normalized spacial score (nSPS) is 16.7. The highest BCUT2D eigenvalue weighted by Gasteiger charge is 2.28. The van der Waals surface area contributed by atoms with Crippen LogP contribution in [-0.4, -0.2) is 26.4 Å². The summed E-state index contributed by atoms with van der Waals surface area (Å²) in [5, 5.41) is 2.82. The smallest absolute Gasteiger partial charge is 0.251 e. The van der Waals surface area contributed by atoms with Gasteiger partial charge in [-0.05, 0) is 44.4 Å². The lowest BCUT2D eigenvalue weighted by Gasteiger charge is -2.12. The molecule has 1 aromatic carbocycles. The molecule has 0 aliphatic heterocycles. The molecule has 0 bridgehead atoms. The quantitative estimate of drug-likeness (QED) is 0.838. The monoisotopic (exact) mass is 296 g/mol. The lowest BCUT2D eigenvalue weighted by atomic mass is 10.2. The number of benzene rings is 1. The third kappa shape index (κ3) is 3.80. The predicted octanol–water partition coefficient (Wildman–Crippen LogP) is 1.66. The summed E-state index contributed by atoms with van der Waals surface area (Å²) in [6, 6.07) is 6.25. The van der Waals surface area contributed by atoms with E-state index in [1.54, 1.807) is 12.1 Å². The largest absolute Gasteiger partial charge is 0.350 e. The molecular formula is C14H20N2O3S. The van der Waals surface area contributed by atoms with Gasteiger partial charge >= 0.3 is 0 Å². The Morgan fingerprint density at radius 3 is 2.70 bits per heavy atom. The first-order valence-corrected chi connectivity index (χ1v) is 8.34. The zero-order valence-electron chi connectivity index (χ0n) is 11.7. The zero-order valence-corrected chi connectivity index (χ0v) is 12.5. The Bertz CT molecular complexity index is 594. The molecule has 0 heterocycles. The van der Waals surface area contributed by atoms with Crippen molar-refractivity contribution in [2.45, 2.75) is 50.1 Å². The van der Waals surface area contributed by atoms with Crippen LogP contribution >= 0.6 is 0 Å². The first-order chi connectivity index (χ1) is 9.42. The molecule has 5 nitrogen and oxygen atoms in total. The Kier molecular flexibility index (Phi) is 4.45. The van der Waals surface area contributed by atoms with Gasteiger partial charge in [0, 0.05) is 17.6 Å². The second-order valence-electron chi connectivity index (χ2n) is 5.21. The summed E-state index contributed by atoms with van der Waals surface area (Å²) in [6.45, 7) is 3.89. The lowest BCUT2D eigenvalue weighted by Crippen LogP contribution is -2.32. The van der Waals surface area contributed by atoms with Crippen LogP contribution in [0.3, 0.4) is 0 Å². The Morgan fingerprint density at radius 2 is 2.10 bits per heavy atom. The van der Waals surface area contributed by atoms with Crippen molar-refractivity contribution < 1.29 is 13.2 Å². The van der Waals surface area contributed by atoms with Crippen LogP contribution in [0, 0.1) is 0 Å². The van der Waals surface area contributed by atoms with E-state index in [2.05, 4.69) is 10.0 Å². The summed E-state index contributed by atoms with van der Waals surface area (Å²) in [7, 11) is -3.52. The second kappa shape index (κ2) is 5.93. The van der Waals surface area contributed by atoms with Crippen LogP contribution in [0.25, 0.3) is 0 Å². The van der Waals surface area contributed by atoms with Crippen LogP contribution in [0.15, 0.2) is 29.2 Å².